The Kier molecular flexibility index (Phi) is 3.37. The van der Waals surface area contributed by atoms with Crippen molar-refractivity contribution in [2.75, 3.05) is 13.1 Å². The van der Waals surface area contributed by atoms with Gasteiger partial charge in [-0.15, -0.1) is 0 Å². The number of carbonyl (C=O) groups excluding carboxylic acids is 1. The molecule has 1 saturated heterocycles. The summed E-state index contributed by atoms with van der Waals surface area (Å²) in [6.07, 6.45) is 3.14. The van der Waals surface area contributed by atoms with Crippen molar-refractivity contribution in [2.45, 2.75) is 13.3 Å². The number of hydrogen-bond acceptors (Lipinski definition) is 2. The van der Waals surface area contributed by atoms with E-state index in [-0.39, 0.29) is 5.91 Å². The number of aromatic nitrogens is 2. The van der Waals surface area contributed by atoms with Crippen LogP contribution in [0.5, 0.6) is 0 Å². The van der Waals surface area contributed by atoms with E-state index in [0.717, 1.165) is 47.6 Å². The second-order valence-electron chi connectivity index (χ2n) is 5.86. The van der Waals surface area contributed by atoms with Crippen LogP contribution in [0.15, 0.2) is 48.5 Å². The van der Waals surface area contributed by atoms with Crippen LogP contribution in [0.3, 0.4) is 0 Å². The lowest BCUT2D eigenvalue weighted by molar-refractivity contribution is 0.0796. The molecule has 0 bridgehead atoms. The van der Waals surface area contributed by atoms with E-state index < -0.39 is 0 Å². The molecule has 1 amide bonds. The van der Waals surface area contributed by atoms with Gasteiger partial charge in [0.25, 0.3) is 5.91 Å². The van der Waals surface area contributed by atoms with E-state index in [1.54, 1.807) is 0 Å². The second kappa shape index (κ2) is 5.54. The number of amides is 1. The fourth-order valence-electron chi connectivity index (χ4n) is 3.18. The van der Waals surface area contributed by atoms with Crippen LogP contribution in [0.2, 0.25) is 0 Å². The average Bonchev–Trinajstić information content (AvgIpc) is 3.21. The Morgan fingerprint density at radius 1 is 1.09 bits per heavy atom. The number of hydrogen-bond donors (Lipinski definition) is 0. The summed E-state index contributed by atoms with van der Waals surface area (Å²) in [5.74, 6) is 1.05. The molecule has 0 atom stereocenters. The number of rotatable bonds is 2. The Morgan fingerprint density at radius 3 is 2.61 bits per heavy atom. The highest BCUT2D eigenvalue weighted by atomic mass is 16.2. The lowest BCUT2D eigenvalue weighted by atomic mass is 10.1. The van der Waals surface area contributed by atoms with Crippen LogP contribution in [0.1, 0.15) is 22.6 Å². The molecule has 3 aromatic rings. The third-order valence-electron chi connectivity index (χ3n) is 4.34. The molecule has 4 nitrogen and oxygen atoms in total. The van der Waals surface area contributed by atoms with Crippen molar-refractivity contribution in [1.29, 1.82) is 0 Å². The Bertz CT molecular complexity index is 858. The lowest BCUT2D eigenvalue weighted by Gasteiger charge is -2.15. The molecular formula is C19H18N3O. The molecular weight excluding hydrogens is 286 g/mol. The molecule has 4 heteroatoms. The fourth-order valence-corrected chi connectivity index (χ4v) is 3.18. The molecule has 1 aliphatic rings. The van der Waals surface area contributed by atoms with Crippen LogP contribution in [0, 0.1) is 13.3 Å². The molecule has 0 unspecified atom stereocenters. The number of likely N-dealkylation sites (tertiary alicyclic amines) is 1. The largest absolute Gasteiger partial charge is 0.338 e. The van der Waals surface area contributed by atoms with Gasteiger partial charge in [0.2, 0.25) is 0 Å². The molecule has 0 N–H and O–H groups in total. The highest BCUT2D eigenvalue weighted by molar-refractivity contribution is 5.94. The first-order valence-corrected chi connectivity index (χ1v) is 7.89. The van der Waals surface area contributed by atoms with E-state index in [2.05, 4.69) is 22.0 Å². The summed E-state index contributed by atoms with van der Waals surface area (Å²) in [5, 5.41) is 0. The third kappa shape index (κ3) is 2.40. The molecule has 0 saturated carbocycles. The Morgan fingerprint density at radius 2 is 1.87 bits per heavy atom. The fraction of sp³-hybridized carbons (Fsp3) is 0.211. The maximum absolute atomic E-state index is 12.4. The zero-order valence-electron chi connectivity index (χ0n) is 13.1. The van der Waals surface area contributed by atoms with E-state index in [1.165, 1.54) is 0 Å². The van der Waals surface area contributed by atoms with Gasteiger partial charge in [-0.05, 0) is 56.2 Å². The molecule has 1 aliphatic heterocycles. The summed E-state index contributed by atoms with van der Waals surface area (Å²) in [7, 11) is 0. The first-order chi connectivity index (χ1) is 11.2. The van der Waals surface area contributed by atoms with Crippen LogP contribution in [-0.4, -0.2) is 33.4 Å². The molecule has 4 rings (SSSR count). The van der Waals surface area contributed by atoms with Crippen LogP contribution < -0.4 is 0 Å². The number of para-hydroxylation sites is 2. The number of nitrogens with zero attached hydrogens (tertiary/aromatic N) is 3. The maximum Gasteiger partial charge on any atom is 0.253 e. The van der Waals surface area contributed by atoms with Gasteiger partial charge in [-0.2, -0.15) is 0 Å². The molecule has 2 aromatic carbocycles. The molecule has 0 aliphatic carbocycles. The molecule has 23 heavy (non-hydrogen) atoms. The van der Waals surface area contributed by atoms with Crippen LogP contribution in [0.4, 0.5) is 0 Å². The number of carbonyl (C=O) groups is 1. The van der Waals surface area contributed by atoms with Gasteiger partial charge in [0.05, 0.1) is 11.0 Å². The third-order valence-corrected chi connectivity index (χ3v) is 4.34. The van der Waals surface area contributed by atoms with Gasteiger partial charge < -0.3 is 4.90 Å². The van der Waals surface area contributed by atoms with E-state index in [4.69, 9.17) is 0 Å². The van der Waals surface area contributed by atoms with Gasteiger partial charge in [-0.1, -0.05) is 12.1 Å². The number of aryl methyl sites for hydroxylation is 1. The summed E-state index contributed by atoms with van der Waals surface area (Å²) in [6, 6.07) is 15.9. The minimum absolute atomic E-state index is 0.109. The van der Waals surface area contributed by atoms with E-state index in [0.29, 0.717) is 0 Å². The van der Waals surface area contributed by atoms with Crippen molar-refractivity contribution in [3.05, 3.63) is 66.3 Å². The van der Waals surface area contributed by atoms with Crippen molar-refractivity contribution in [3.8, 4) is 5.69 Å². The number of imidazole rings is 1. The van der Waals surface area contributed by atoms with Crippen LogP contribution >= 0.6 is 0 Å². The van der Waals surface area contributed by atoms with Gasteiger partial charge in [-0.25, -0.2) is 4.98 Å². The zero-order chi connectivity index (χ0) is 15.8. The first kappa shape index (κ1) is 14.0. The second-order valence-corrected chi connectivity index (χ2v) is 5.86. The quantitative estimate of drug-likeness (QED) is 0.728. The van der Waals surface area contributed by atoms with Crippen molar-refractivity contribution in [3.63, 3.8) is 0 Å². The Hall–Kier alpha value is -2.62. The lowest BCUT2D eigenvalue weighted by Crippen LogP contribution is -2.27. The normalized spacial score (nSPS) is 14.6. The standard InChI is InChI=1S/C19H18N3O/c1-14-20-17-6-2-3-7-18(17)22(14)16-10-8-15(9-11-16)19(23)21-12-4-5-13-21/h2-4,6-11H,5,12-13H2,1H3. The van der Waals surface area contributed by atoms with Gasteiger partial charge in [0, 0.05) is 24.3 Å². The molecule has 1 fully saturated rings. The Labute approximate surface area is 135 Å². The number of fused-ring (bicyclic) bond motifs is 1. The van der Waals surface area contributed by atoms with Crippen LogP contribution in [0.25, 0.3) is 16.7 Å². The predicted molar refractivity (Wildman–Crippen MR) is 90.6 cm³/mol. The molecule has 115 valence electrons. The monoisotopic (exact) mass is 304 g/mol. The SMILES string of the molecule is Cc1nc2ccccc2n1-c1ccc(C(=O)N2C[CH]CC2)cc1. The summed E-state index contributed by atoms with van der Waals surface area (Å²) in [6.45, 7) is 3.58. The molecule has 2 heterocycles. The van der Waals surface area contributed by atoms with Crippen molar-refractivity contribution in [2.24, 2.45) is 0 Å². The van der Waals surface area contributed by atoms with E-state index in [9.17, 15) is 4.79 Å². The summed E-state index contributed by atoms with van der Waals surface area (Å²) in [4.78, 5) is 18.9. The minimum atomic E-state index is 0.109. The van der Waals surface area contributed by atoms with Gasteiger partial charge >= 0.3 is 0 Å². The summed E-state index contributed by atoms with van der Waals surface area (Å²) >= 11 is 0. The van der Waals surface area contributed by atoms with Crippen LogP contribution in [-0.2, 0) is 0 Å². The number of benzene rings is 2. The highest BCUT2D eigenvalue weighted by Crippen LogP contribution is 2.22. The average molecular weight is 304 g/mol. The minimum Gasteiger partial charge on any atom is -0.338 e. The summed E-state index contributed by atoms with van der Waals surface area (Å²) in [5.41, 5.74) is 3.84. The molecule has 1 aromatic heterocycles. The van der Waals surface area contributed by atoms with Gasteiger partial charge in [0.1, 0.15) is 5.82 Å². The van der Waals surface area contributed by atoms with E-state index >= 15 is 0 Å². The maximum atomic E-state index is 12.4. The molecule has 0 spiro atoms. The van der Waals surface area contributed by atoms with Gasteiger partial charge in [0.15, 0.2) is 0 Å². The summed E-state index contributed by atoms with van der Waals surface area (Å²) < 4.78 is 2.12. The van der Waals surface area contributed by atoms with Crippen molar-refractivity contribution in [1.82, 2.24) is 14.5 Å². The van der Waals surface area contributed by atoms with Crippen molar-refractivity contribution < 1.29 is 4.79 Å². The van der Waals surface area contributed by atoms with Crippen molar-refractivity contribution >= 4 is 16.9 Å². The van der Waals surface area contributed by atoms with Gasteiger partial charge in [-0.3, -0.25) is 9.36 Å². The first-order valence-electron chi connectivity index (χ1n) is 7.89. The van der Waals surface area contributed by atoms with E-state index in [1.807, 2.05) is 54.3 Å². The topological polar surface area (TPSA) is 38.1 Å². The zero-order valence-corrected chi connectivity index (χ0v) is 13.1. The highest BCUT2D eigenvalue weighted by Gasteiger charge is 2.19. The smallest absolute Gasteiger partial charge is 0.253 e. The Balaban J connectivity index is 1.70. The predicted octanol–water partition coefficient (Wildman–Crippen LogP) is 3.38. The molecule has 1 radical (unpaired) electrons.